The van der Waals surface area contributed by atoms with Crippen molar-refractivity contribution in [2.45, 2.75) is 32.1 Å². The van der Waals surface area contributed by atoms with Crippen LogP contribution in [0.4, 0.5) is 0 Å². The van der Waals surface area contributed by atoms with Gasteiger partial charge < -0.3 is 10.2 Å². The van der Waals surface area contributed by atoms with E-state index in [0.717, 1.165) is 31.2 Å². The minimum absolute atomic E-state index is 0.0297. The molecule has 2 N–H and O–H groups in total. The van der Waals surface area contributed by atoms with Crippen molar-refractivity contribution in [3.8, 4) is 0 Å². The second kappa shape index (κ2) is 6.79. The standard InChI is InChI=1S/C14H17O4/c1-2-3-4-5-6-10-7-11(13(15)16)9-12(8-10)14(17)18/h7-9H,1-6H2,(H,15,16)(H,17,18). The molecule has 1 rings (SSSR count). The lowest BCUT2D eigenvalue weighted by atomic mass is 10.0. The SMILES string of the molecule is [CH2]CCCCCc1cc(C(=O)O)cc(C(=O)O)c1. The van der Waals surface area contributed by atoms with E-state index in [0.29, 0.717) is 6.42 Å². The van der Waals surface area contributed by atoms with Gasteiger partial charge in [0.1, 0.15) is 0 Å². The minimum atomic E-state index is -1.10. The fourth-order valence-corrected chi connectivity index (χ4v) is 1.77. The molecule has 0 aliphatic heterocycles. The van der Waals surface area contributed by atoms with Crippen LogP contribution in [0.15, 0.2) is 18.2 Å². The van der Waals surface area contributed by atoms with Crippen LogP contribution in [0.5, 0.6) is 0 Å². The Morgan fingerprint density at radius 3 is 1.94 bits per heavy atom. The van der Waals surface area contributed by atoms with Crippen LogP contribution >= 0.6 is 0 Å². The van der Waals surface area contributed by atoms with E-state index in [2.05, 4.69) is 6.92 Å². The molecular formula is C14H17O4. The molecule has 4 nitrogen and oxygen atoms in total. The third-order valence-corrected chi connectivity index (χ3v) is 2.70. The number of carbonyl (C=O) groups is 2. The van der Waals surface area contributed by atoms with Gasteiger partial charge in [0.2, 0.25) is 0 Å². The molecule has 4 heteroatoms. The second-order valence-corrected chi connectivity index (χ2v) is 4.19. The lowest BCUT2D eigenvalue weighted by molar-refractivity contribution is 0.0696. The van der Waals surface area contributed by atoms with Crippen LogP contribution in [0.25, 0.3) is 0 Å². The van der Waals surface area contributed by atoms with Gasteiger partial charge in [0.15, 0.2) is 0 Å². The third-order valence-electron chi connectivity index (χ3n) is 2.70. The highest BCUT2D eigenvalue weighted by atomic mass is 16.4. The highest BCUT2D eigenvalue weighted by molar-refractivity contribution is 5.94. The molecule has 0 fully saturated rings. The number of carboxylic acid groups (broad SMARTS) is 2. The van der Waals surface area contributed by atoms with Crippen molar-refractivity contribution >= 4 is 11.9 Å². The summed E-state index contributed by atoms with van der Waals surface area (Å²) in [5.74, 6) is -2.20. The Bertz CT molecular complexity index is 405. The predicted molar refractivity (Wildman–Crippen MR) is 67.9 cm³/mol. The summed E-state index contributed by atoms with van der Waals surface area (Å²) in [5.41, 5.74) is 0.820. The Morgan fingerprint density at radius 1 is 0.944 bits per heavy atom. The summed E-state index contributed by atoms with van der Waals surface area (Å²) in [6.07, 6.45) is 4.54. The van der Waals surface area contributed by atoms with Gasteiger partial charge in [0.05, 0.1) is 11.1 Å². The predicted octanol–water partition coefficient (Wildman–Crippen LogP) is 3.02. The second-order valence-electron chi connectivity index (χ2n) is 4.19. The average molecular weight is 249 g/mol. The topological polar surface area (TPSA) is 74.6 Å². The van der Waals surface area contributed by atoms with Gasteiger partial charge in [-0.05, 0) is 36.6 Å². The zero-order valence-corrected chi connectivity index (χ0v) is 10.2. The maximum absolute atomic E-state index is 10.9. The lowest BCUT2D eigenvalue weighted by Crippen LogP contribution is -2.04. The number of aryl methyl sites for hydroxylation is 1. The number of aromatic carboxylic acids is 2. The fraction of sp³-hybridized carbons (Fsp3) is 0.357. The molecule has 0 unspecified atom stereocenters. The van der Waals surface area contributed by atoms with Crippen LogP contribution in [0.1, 0.15) is 52.0 Å². The molecule has 1 aromatic carbocycles. The van der Waals surface area contributed by atoms with Crippen LogP contribution < -0.4 is 0 Å². The fourth-order valence-electron chi connectivity index (χ4n) is 1.77. The van der Waals surface area contributed by atoms with Gasteiger partial charge in [-0.15, -0.1) is 0 Å². The molecule has 0 aromatic heterocycles. The molecule has 0 aliphatic rings. The number of rotatable bonds is 7. The zero-order valence-electron chi connectivity index (χ0n) is 10.2. The smallest absolute Gasteiger partial charge is 0.335 e. The van der Waals surface area contributed by atoms with E-state index in [4.69, 9.17) is 10.2 Å². The maximum Gasteiger partial charge on any atom is 0.335 e. The molecular weight excluding hydrogens is 232 g/mol. The van der Waals surface area contributed by atoms with Crippen LogP contribution in [0, 0.1) is 6.92 Å². The highest BCUT2D eigenvalue weighted by Crippen LogP contribution is 2.14. The Labute approximate surface area is 106 Å². The van der Waals surface area contributed by atoms with Crippen molar-refractivity contribution in [3.05, 3.63) is 41.8 Å². The van der Waals surface area contributed by atoms with Gasteiger partial charge in [-0.3, -0.25) is 0 Å². The van der Waals surface area contributed by atoms with Crippen molar-refractivity contribution < 1.29 is 19.8 Å². The molecule has 0 amide bonds. The number of carboxylic acids is 2. The van der Waals surface area contributed by atoms with Crippen molar-refractivity contribution in [2.24, 2.45) is 0 Å². The largest absolute Gasteiger partial charge is 0.478 e. The molecule has 1 aromatic rings. The van der Waals surface area contributed by atoms with Crippen LogP contribution in [0.2, 0.25) is 0 Å². The quantitative estimate of drug-likeness (QED) is 0.728. The van der Waals surface area contributed by atoms with Crippen LogP contribution in [-0.4, -0.2) is 22.2 Å². The van der Waals surface area contributed by atoms with Crippen LogP contribution in [0.3, 0.4) is 0 Å². The molecule has 0 spiro atoms. The zero-order chi connectivity index (χ0) is 13.5. The first-order valence-electron chi connectivity index (χ1n) is 5.94. The van der Waals surface area contributed by atoms with Crippen LogP contribution in [-0.2, 0) is 6.42 Å². The number of hydrogen-bond acceptors (Lipinski definition) is 2. The summed E-state index contributed by atoms with van der Waals surface area (Å²) >= 11 is 0. The van der Waals surface area contributed by atoms with Gasteiger partial charge in [-0.25, -0.2) is 9.59 Å². The first-order chi connectivity index (χ1) is 8.54. The summed E-state index contributed by atoms with van der Waals surface area (Å²) in [6.45, 7) is 3.75. The van der Waals surface area contributed by atoms with E-state index in [-0.39, 0.29) is 11.1 Å². The maximum atomic E-state index is 10.9. The number of benzene rings is 1. The van der Waals surface area contributed by atoms with Crippen molar-refractivity contribution in [1.82, 2.24) is 0 Å². The Hall–Kier alpha value is -1.84. The summed E-state index contributed by atoms with van der Waals surface area (Å²) in [7, 11) is 0. The van der Waals surface area contributed by atoms with Crippen molar-refractivity contribution in [3.63, 3.8) is 0 Å². The van der Waals surface area contributed by atoms with Gasteiger partial charge in [0.25, 0.3) is 0 Å². The summed E-state index contributed by atoms with van der Waals surface area (Å²) in [6, 6.07) is 4.27. The van der Waals surface area contributed by atoms with Gasteiger partial charge in [-0.1, -0.05) is 26.2 Å². The summed E-state index contributed by atoms with van der Waals surface area (Å²) in [4.78, 5) is 21.8. The normalized spacial score (nSPS) is 10.3. The van der Waals surface area contributed by atoms with E-state index < -0.39 is 11.9 Å². The average Bonchev–Trinajstić information content (AvgIpc) is 2.34. The molecule has 0 heterocycles. The minimum Gasteiger partial charge on any atom is -0.478 e. The third kappa shape index (κ3) is 4.20. The molecule has 0 atom stereocenters. The number of unbranched alkanes of at least 4 members (excludes halogenated alkanes) is 3. The first-order valence-corrected chi connectivity index (χ1v) is 5.94. The van der Waals surface area contributed by atoms with E-state index in [9.17, 15) is 9.59 Å². The number of hydrogen-bond donors (Lipinski definition) is 2. The first kappa shape index (κ1) is 14.2. The molecule has 0 saturated carbocycles. The molecule has 97 valence electrons. The Balaban J connectivity index is 2.83. The molecule has 0 bridgehead atoms. The van der Waals surface area contributed by atoms with E-state index in [1.807, 2.05) is 0 Å². The molecule has 0 saturated heterocycles. The Morgan fingerprint density at radius 2 is 1.50 bits per heavy atom. The van der Waals surface area contributed by atoms with Crippen molar-refractivity contribution in [1.29, 1.82) is 0 Å². The van der Waals surface area contributed by atoms with Crippen molar-refractivity contribution in [2.75, 3.05) is 0 Å². The lowest BCUT2D eigenvalue weighted by Gasteiger charge is -2.05. The van der Waals surface area contributed by atoms with E-state index in [1.165, 1.54) is 6.07 Å². The van der Waals surface area contributed by atoms with E-state index in [1.54, 1.807) is 12.1 Å². The van der Waals surface area contributed by atoms with Gasteiger partial charge in [-0.2, -0.15) is 0 Å². The Kier molecular flexibility index (Phi) is 5.36. The van der Waals surface area contributed by atoms with E-state index >= 15 is 0 Å². The molecule has 18 heavy (non-hydrogen) atoms. The monoisotopic (exact) mass is 249 g/mol. The molecule has 0 aliphatic carbocycles. The highest BCUT2D eigenvalue weighted by Gasteiger charge is 2.11. The molecule has 1 radical (unpaired) electrons. The van der Waals surface area contributed by atoms with Gasteiger partial charge in [0, 0.05) is 0 Å². The van der Waals surface area contributed by atoms with Gasteiger partial charge >= 0.3 is 11.9 Å². The summed E-state index contributed by atoms with van der Waals surface area (Å²) in [5, 5.41) is 17.8. The summed E-state index contributed by atoms with van der Waals surface area (Å²) < 4.78 is 0.